The second kappa shape index (κ2) is 6.22. The maximum Gasteiger partial charge on any atom is 0.308 e. The minimum Gasteiger partial charge on any atom is -0.481 e. The van der Waals surface area contributed by atoms with E-state index in [1.54, 1.807) is 11.0 Å². The van der Waals surface area contributed by atoms with Gasteiger partial charge in [0, 0.05) is 23.6 Å². The van der Waals surface area contributed by atoms with Crippen LogP contribution in [0, 0.1) is 11.8 Å². The highest BCUT2D eigenvalue weighted by atomic mass is 79.9. The molecule has 0 saturated carbocycles. The molecule has 20 heavy (non-hydrogen) atoms. The van der Waals surface area contributed by atoms with Gasteiger partial charge in [-0.05, 0) is 29.7 Å². The fraction of sp³-hybridized carbons (Fsp3) is 0.333. The van der Waals surface area contributed by atoms with Crippen LogP contribution in [0.2, 0.25) is 0 Å². The Hall–Kier alpha value is -1.62. The molecular weight excluding hydrogens is 322 g/mol. The molecule has 1 amide bonds. The van der Waals surface area contributed by atoms with Crippen molar-refractivity contribution in [2.75, 3.05) is 13.1 Å². The Morgan fingerprint density at radius 3 is 2.75 bits per heavy atom. The molecule has 1 saturated heterocycles. The van der Waals surface area contributed by atoms with Crippen LogP contribution in [0.15, 0.2) is 34.8 Å². The van der Waals surface area contributed by atoms with Crippen molar-refractivity contribution in [1.82, 2.24) is 4.90 Å². The predicted octanol–water partition coefficient (Wildman–Crippen LogP) is 2.64. The smallest absolute Gasteiger partial charge is 0.308 e. The van der Waals surface area contributed by atoms with Crippen LogP contribution in [0.4, 0.5) is 0 Å². The maximum absolute atomic E-state index is 12.1. The van der Waals surface area contributed by atoms with Gasteiger partial charge in [-0.15, -0.1) is 0 Å². The van der Waals surface area contributed by atoms with Gasteiger partial charge in [0.1, 0.15) is 0 Å². The number of halogens is 1. The molecule has 0 unspecified atom stereocenters. The number of hydrogen-bond donors (Lipinski definition) is 1. The molecule has 0 radical (unpaired) electrons. The molecule has 1 aliphatic rings. The third kappa shape index (κ3) is 3.48. The van der Waals surface area contributed by atoms with E-state index in [0.29, 0.717) is 6.54 Å². The van der Waals surface area contributed by atoms with Gasteiger partial charge >= 0.3 is 5.97 Å². The van der Waals surface area contributed by atoms with Gasteiger partial charge in [0.25, 0.3) is 0 Å². The van der Waals surface area contributed by atoms with E-state index < -0.39 is 11.9 Å². The van der Waals surface area contributed by atoms with E-state index in [2.05, 4.69) is 15.9 Å². The lowest BCUT2D eigenvalue weighted by Gasteiger charge is -2.12. The summed E-state index contributed by atoms with van der Waals surface area (Å²) in [7, 11) is 0. The van der Waals surface area contributed by atoms with Crippen molar-refractivity contribution in [2.45, 2.75) is 6.92 Å². The first-order valence-electron chi connectivity index (χ1n) is 6.42. The normalized spacial score (nSPS) is 22.4. The number of rotatable bonds is 3. The number of likely N-dealkylation sites (tertiary alicyclic amines) is 1. The third-order valence-electron chi connectivity index (χ3n) is 3.51. The third-order valence-corrected chi connectivity index (χ3v) is 4.00. The molecule has 4 nitrogen and oxygen atoms in total. The topological polar surface area (TPSA) is 57.6 Å². The molecule has 2 atom stereocenters. The van der Waals surface area contributed by atoms with E-state index in [9.17, 15) is 9.59 Å². The average Bonchev–Trinajstić information content (AvgIpc) is 2.78. The molecule has 1 fully saturated rings. The second-order valence-electron chi connectivity index (χ2n) is 5.05. The zero-order valence-electron chi connectivity index (χ0n) is 11.1. The predicted molar refractivity (Wildman–Crippen MR) is 80.0 cm³/mol. The number of benzene rings is 1. The van der Waals surface area contributed by atoms with E-state index in [1.807, 2.05) is 31.2 Å². The first kappa shape index (κ1) is 14.8. The quantitative estimate of drug-likeness (QED) is 0.862. The van der Waals surface area contributed by atoms with Crippen LogP contribution >= 0.6 is 15.9 Å². The highest BCUT2D eigenvalue weighted by Gasteiger charge is 2.36. The fourth-order valence-electron chi connectivity index (χ4n) is 2.35. The maximum atomic E-state index is 12.1. The van der Waals surface area contributed by atoms with Gasteiger partial charge in [-0.2, -0.15) is 0 Å². The highest BCUT2D eigenvalue weighted by molar-refractivity contribution is 9.10. The molecule has 5 heteroatoms. The molecular formula is C15H16BrNO3. The number of hydrogen-bond acceptors (Lipinski definition) is 2. The molecule has 1 aliphatic heterocycles. The van der Waals surface area contributed by atoms with Crippen LogP contribution in [-0.4, -0.2) is 35.0 Å². The monoisotopic (exact) mass is 337 g/mol. The summed E-state index contributed by atoms with van der Waals surface area (Å²) in [5, 5.41) is 9.06. The largest absolute Gasteiger partial charge is 0.481 e. The molecule has 2 rings (SSSR count). The van der Waals surface area contributed by atoms with Gasteiger partial charge < -0.3 is 10.0 Å². The lowest BCUT2D eigenvalue weighted by molar-refractivity contribution is -0.142. The van der Waals surface area contributed by atoms with Crippen molar-refractivity contribution < 1.29 is 14.7 Å². The van der Waals surface area contributed by atoms with Crippen LogP contribution in [0.3, 0.4) is 0 Å². The molecule has 1 aromatic rings. The summed E-state index contributed by atoms with van der Waals surface area (Å²) in [5.74, 6) is -1.43. The lowest BCUT2D eigenvalue weighted by Crippen LogP contribution is -2.28. The van der Waals surface area contributed by atoms with Crippen LogP contribution < -0.4 is 0 Å². The molecule has 1 heterocycles. The minimum atomic E-state index is -0.830. The zero-order valence-corrected chi connectivity index (χ0v) is 12.7. The molecule has 1 aromatic carbocycles. The molecule has 0 bridgehead atoms. The zero-order chi connectivity index (χ0) is 14.7. The summed E-state index contributed by atoms with van der Waals surface area (Å²) in [6, 6.07) is 7.63. The van der Waals surface area contributed by atoms with Gasteiger partial charge in [0.2, 0.25) is 5.91 Å². The van der Waals surface area contributed by atoms with Crippen molar-refractivity contribution >= 4 is 33.9 Å². The Kier molecular flexibility index (Phi) is 4.60. The van der Waals surface area contributed by atoms with Gasteiger partial charge in [0.05, 0.1) is 5.92 Å². The number of carbonyl (C=O) groups excluding carboxylic acids is 1. The number of carbonyl (C=O) groups is 2. The summed E-state index contributed by atoms with van der Waals surface area (Å²) in [4.78, 5) is 24.7. The molecule has 1 N–H and O–H groups in total. The van der Waals surface area contributed by atoms with Gasteiger partial charge in [-0.3, -0.25) is 9.59 Å². The standard InChI is InChI=1S/C15H16BrNO3/c1-10-8-17(9-13(10)15(19)20)14(18)6-5-11-3-2-4-12(16)7-11/h2-7,10,13H,8-9H2,1H3,(H,19,20)/b6-5+/t10-,13-/m1/s1. The Balaban J connectivity index is 2.01. The highest BCUT2D eigenvalue weighted by Crippen LogP contribution is 2.23. The summed E-state index contributed by atoms with van der Waals surface area (Å²) in [5.41, 5.74) is 0.926. The Bertz CT molecular complexity index is 556. The van der Waals surface area contributed by atoms with Crippen LogP contribution in [0.25, 0.3) is 6.08 Å². The average molecular weight is 338 g/mol. The van der Waals surface area contributed by atoms with Crippen LogP contribution in [0.1, 0.15) is 12.5 Å². The minimum absolute atomic E-state index is 0.00396. The van der Waals surface area contributed by atoms with E-state index >= 15 is 0 Å². The first-order chi connectivity index (χ1) is 9.47. The van der Waals surface area contributed by atoms with Gasteiger partial charge in [-0.25, -0.2) is 0 Å². The van der Waals surface area contributed by atoms with E-state index in [-0.39, 0.29) is 18.4 Å². The number of nitrogens with zero attached hydrogens (tertiary/aromatic N) is 1. The Morgan fingerprint density at radius 2 is 2.15 bits per heavy atom. The Morgan fingerprint density at radius 1 is 1.40 bits per heavy atom. The molecule has 0 aromatic heterocycles. The first-order valence-corrected chi connectivity index (χ1v) is 7.22. The molecule has 0 aliphatic carbocycles. The van der Waals surface area contributed by atoms with Crippen LogP contribution in [-0.2, 0) is 9.59 Å². The van der Waals surface area contributed by atoms with Crippen molar-refractivity contribution in [1.29, 1.82) is 0 Å². The van der Waals surface area contributed by atoms with Crippen molar-refractivity contribution in [3.8, 4) is 0 Å². The van der Waals surface area contributed by atoms with E-state index in [1.165, 1.54) is 6.08 Å². The van der Waals surface area contributed by atoms with Crippen molar-refractivity contribution in [3.05, 3.63) is 40.4 Å². The summed E-state index contributed by atoms with van der Waals surface area (Å²) in [6.07, 6.45) is 3.24. The van der Waals surface area contributed by atoms with E-state index in [0.717, 1.165) is 10.0 Å². The molecule has 106 valence electrons. The number of amides is 1. The summed E-state index contributed by atoms with van der Waals surface area (Å²) >= 11 is 3.37. The van der Waals surface area contributed by atoms with E-state index in [4.69, 9.17) is 5.11 Å². The fourth-order valence-corrected chi connectivity index (χ4v) is 2.77. The van der Waals surface area contributed by atoms with Gasteiger partial charge in [0.15, 0.2) is 0 Å². The number of carboxylic acid groups (broad SMARTS) is 1. The number of carboxylic acids is 1. The summed E-state index contributed by atoms with van der Waals surface area (Å²) in [6.45, 7) is 2.65. The van der Waals surface area contributed by atoms with Gasteiger partial charge in [-0.1, -0.05) is 35.0 Å². The lowest BCUT2D eigenvalue weighted by atomic mass is 9.99. The molecule has 0 spiro atoms. The van der Waals surface area contributed by atoms with Crippen LogP contribution in [0.5, 0.6) is 0 Å². The number of aliphatic carboxylic acids is 1. The van der Waals surface area contributed by atoms with Crippen molar-refractivity contribution in [2.24, 2.45) is 11.8 Å². The second-order valence-corrected chi connectivity index (χ2v) is 5.97. The SMILES string of the molecule is C[C@@H]1CN(C(=O)/C=C/c2cccc(Br)c2)C[C@H]1C(=O)O. The Labute approximate surface area is 126 Å². The van der Waals surface area contributed by atoms with Crippen molar-refractivity contribution in [3.63, 3.8) is 0 Å². The summed E-state index contributed by atoms with van der Waals surface area (Å²) < 4.78 is 0.952.